The molecule has 2 atom stereocenters. The molecule has 0 saturated carbocycles. The number of Topliss-reactive ketones (excluding diaryl/α,β-unsaturated/α-hetero) is 1. The molecule has 1 fully saturated rings. The van der Waals surface area contributed by atoms with Crippen LogP contribution in [0.4, 0.5) is 0 Å². The van der Waals surface area contributed by atoms with E-state index in [0.29, 0.717) is 23.6 Å². The number of likely N-dealkylation sites (tertiary alicyclic amines) is 1. The molecule has 1 aliphatic heterocycles. The highest BCUT2D eigenvalue weighted by Crippen LogP contribution is 2.24. The Morgan fingerprint density at radius 3 is 2.50 bits per heavy atom. The first kappa shape index (κ1) is 18.6. The van der Waals surface area contributed by atoms with Crippen LogP contribution in [0.3, 0.4) is 0 Å². The third kappa shape index (κ3) is 4.49. The molecule has 1 saturated heterocycles. The normalized spacial score (nSPS) is 20.1. The summed E-state index contributed by atoms with van der Waals surface area (Å²) in [5, 5.41) is 3.39. The number of amides is 1. The second kappa shape index (κ2) is 8.45. The largest absolute Gasteiger partial charge is 0.345 e. The van der Waals surface area contributed by atoms with Crippen LogP contribution < -0.4 is 11.1 Å². The lowest BCUT2D eigenvalue weighted by molar-refractivity contribution is -0.122. The summed E-state index contributed by atoms with van der Waals surface area (Å²) < 4.78 is 0. The van der Waals surface area contributed by atoms with E-state index in [1.807, 2.05) is 30.3 Å². The van der Waals surface area contributed by atoms with Gasteiger partial charge in [-0.25, -0.2) is 0 Å². The first-order valence-electron chi connectivity index (χ1n) is 8.64. The second-order valence-electron chi connectivity index (χ2n) is 6.50. The molecule has 1 heterocycles. The van der Waals surface area contributed by atoms with Crippen LogP contribution in [-0.2, 0) is 11.3 Å². The summed E-state index contributed by atoms with van der Waals surface area (Å²) in [5.74, 6) is -0.540. The highest BCUT2D eigenvalue weighted by molar-refractivity contribution is 6.30. The number of rotatable bonds is 6. The zero-order chi connectivity index (χ0) is 18.5. The van der Waals surface area contributed by atoms with Crippen molar-refractivity contribution < 1.29 is 9.59 Å². The first-order chi connectivity index (χ1) is 12.5. The van der Waals surface area contributed by atoms with Gasteiger partial charge >= 0.3 is 0 Å². The van der Waals surface area contributed by atoms with E-state index in [1.54, 1.807) is 24.3 Å². The Balaban J connectivity index is 1.52. The van der Waals surface area contributed by atoms with Gasteiger partial charge in [-0.15, -0.1) is 0 Å². The van der Waals surface area contributed by atoms with E-state index in [2.05, 4.69) is 10.2 Å². The Bertz CT molecular complexity index is 764. The quantitative estimate of drug-likeness (QED) is 0.817. The van der Waals surface area contributed by atoms with Gasteiger partial charge in [-0.1, -0.05) is 41.9 Å². The van der Waals surface area contributed by atoms with Gasteiger partial charge in [-0.05, 0) is 36.2 Å². The van der Waals surface area contributed by atoms with Crippen molar-refractivity contribution in [2.75, 3.05) is 13.1 Å². The van der Waals surface area contributed by atoms with E-state index < -0.39 is 0 Å². The molecule has 0 radical (unpaired) electrons. The van der Waals surface area contributed by atoms with Crippen LogP contribution in [0.15, 0.2) is 54.6 Å². The molecule has 2 aromatic rings. The van der Waals surface area contributed by atoms with Crippen LogP contribution in [-0.4, -0.2) is 35.8 Å². The number of benzene rings is 2. The lowest BCUT2D eigenvalue weighted by atomic mass is 10.0. The van der Waals surface area contributed by atoms with E-state index in [9.17, 15) is 9.59 Å². The number of carbonyl (C=O) groups excluding carboxylic acids is 2. The molecule has 6 heteroatoms. The average molecular weight is 372 g/mol. The molecule has 136 valence electrons. The number of nitrogens with zero attached hydrogens (tertiary/aromatic N) is 1. The van der Waals surface area contributed by atoms with E-state index >= 15 is 0 Å². The number of nitrogens with one attached hydrogen (secondary N) is 1. The Hall–Kier alpha value is -2.21. The fourth-order valence-electron chi connectivity index (χ4n) is 3.23. The number of hydrogen-bond donors (Lipinski definition) is 2. The topological polar surface area (TPSA) is 75.4 Å². The molecule has 0 bridgehead atoms. The maximum absolute atomic E-state index is 12.5. The molecular weight excluding hydrogens is 350 g/mol. The summed E-state index contributed by atoms with van der Waals surface area (Å²) in [6.45, 7) is 1.44. The molecule has 0 aliphatic carbocycles. The molecule has 3 N–H and O–H groups in total. The Kier molecular flexibility index (Phi) is 6.04. The number of hydrogen-bond acceptors (Lipinski definition) is 4. The number of carbonyl (C=O) groups is 2. The van der Waals surface area contributed by atoms with E-state index in [1.165, 1.54) is 0 Å². The highest BCUT2D eigenvalue weighted by atomic mass is 35.5. The van der Waals surface area contributed by atoms with Crippen molar-refractivity contribution in [2.24, 2.45) is 11.7 Å². The van der Waals surface area contributed by atoms with E-state index in [-0.39, 0.29) is 30.3 Å². The fraction of sp³-hybridized carbons (Fsp3) is 0.300. The molecule has 0 spiro atoms. The number of halogens is 1. The first-order valence-corrected chi connectivity index (χ1v) is 9.02. The summed E-state index contributed by atoms with van der Waals surface area (Å²) in [7, 11) is 0. The van der Waals surface area contributed by atoms with Crippen LogP contribution >= 0.6 is 11.6 Å². The minimum Gasteiger partial charge on any atom is -0.345 e. The van der Waals surface area contributed by atoms with Crippen molar-refractivity contribution in [3.8, 4) is 0 Å². The standard InChI is InChI=1S/C20H22ClN3O2/c21-16-8-6-14(7-9-16)13-24-11-10-17(19(24)22)18(25)12-23-20(26)15-4-2-1-3-5-15/h1-9,17,19H,10-13,22H2,(H,23,26). The van der Waals surface area contributed by atoms with Crippen molar-refractivity contribution >= 4 is 23.3 Å². The summed E-state index contributed by atoms with van der Waals surface area (Å²) in [5.41, 5.74) is 7.93. The predicted octanol–water partition coefficient (Wildman–Crippen LogP) is 2.45. The minimum absolute atomic E-state index is 0.000872. The van der Waals surface area contributed by atoms with Gasteiger partial charge in [-0.2, -0.15) is 0 Å². The summed E-state index contributed by atoms with van der Waals surface area (Å²) in [6, 6.07) is 16.5. The van der Waals surface area contributed by atoms with Crippen LogP contribution in [0.2, 0.25) is 5.02 Å². The van der Waals surface area contributed by atoms with E-state index in [4.69, 9.17) is 17.3 Å². The smallest absolute Gasteiger partial charge is 0.251 e. The molecule has 2 aromatic carbocycles. The monoisotopic (exact) mass is 371 g/mol. The molecule has 3 rings (SSSR count). The van der Waals surface area contributed by atoms with Crippen molar-refractivity contribution in [1.82, 2.24) is 10.2 Å². The van der Waals surface area contributed by atoms with Crippen LogP contribution in [0.5, 0.6) is 0 Å². The van der Waals surface area contributed by atoms with Crippen molar-refractivity contribution in [1.29, 1.82) is 0 Å². The number of ketones is 1. The molecular formula is C20H22ClN3O2. The third-order valence-corrected chi connectivity index (χ3v) is 4.98. The van der Waals surface area contributed by atoms with Crippen LogP contribution in [0.1, 0.15) is 22.3 Å². The van der Waals surface area contributed by atoms with Gasteiger partial charge in [-0.3, -0.25) is 14.5 Å². The zero-order valence-corrected chi connectivity index (χ0v) is 15.2. The summed E-state index contributed by atoms with van der Waals surface area (Å²) >= 11 is 5.91. The maximum atomic E-state index is 12.5. The van der Waals surface area contributed by atoms with Gasteiger partial charge < -0.3 is 11.1 Å². The predicted molar refractivity (Wildman–Crippen MR) is 102 cm³/mol. The Labute approximate surface area is 158 Å². The van der Waals surface area contributed by atoms with E-state index in [0.717, 1.165) is 12.1 Å². The highest BCUT2D eigenvalue weighted by Gasteiger charge is 2.35. The molecule has 0 aromatic heterocycles. The van der Waals surface area contributed by atoms with Crippen LogP contribution in [0, 0.1) is 5.92 Å². The maximum Gasteiger partial charge on any atom is 0.251 e. The Morgan fingerprint density at radius 2 is 1.81 bits per heavy atom. The van der Waals surface area contributed by atoms with Gasteiger partial charge in [0.05, 0.1) is 12.7 Å². The van der Waals surface area contributed by atoms with Gasteiger partial charge in [0.1, 0.15) is 0 Å². The lowest BCUT2D eigenvalue weighted by Gasteiger charge is -2.24. The van der Waals surface area contributed by atoms with Crippen molar-refractivity contribution in [3.05, 3.63) is 70.7 Å². The van der Waals surface area contributed by atoms with Gasteiger partial charge in [0.15, 0.2) is 5.78 Å². The Morgan fingerprint density at radius 1 is 1.12 bits per heavy atom. The second-order valence-corrected chi connectivity index (χ2v) is 6.93. The van der Waals surface area contributed by atoms with Crippen molar-refractivity contribution in [3.63, 3.8) is 0 Å². The zero-order valence-electron chi connectivity index (χ0n) is 14.4. The van der Waals surface area contributed by atoms with Crippen LogP contribution in [0.25, 0.3) is 0 Å². The SMILES string of the molecule is NC1C(C(=O)CNC(=O)c2ccccc2)CCN1Cc1ccc(Cl)cc1. The van der Waals surface area contributed by atoms with Gasteiger partial charge in [0, 0.05) is 29.6 Å². The summed E-state index contributed by atoms with van der Waals surface area (Å²) in [6.07, 6.45) is 0.362. The van der Waals surface area contributed by atoms with Gasteiger partial charge in [0.2, 0.25) is 0 Å². The average Bonchev–Trinajstić information content (AvgIpc) is 3.02. The fourth-order valence-corrected chi connectivity index (χ4v) is 3.36. The molecule has 5 nitrogen and oxygen atoms in total. The molecule has 26 heavy (non-hydrogen) atoms. The lowest BCUT2D eigenvalue weighted by Crippen LogP contribution is -2.44. The van der Waals surface area contributed by atoms with Crippen molar-refractivity contribution in [2.45, 2.75) is 19.1 Å². The minimum atomic E-state index is -0.341. The molecule has 1 aliphatic rings. The molecule has 1 amide bonds. The third-order valence-electron chi connectivity index (χ3n) is 4.73. The van der Waals surface area contributed by atoms with Gasteiger partial charge in [0.25, 0.3) is 5.91 Å². The molecule has 2 unspecified atom stereocenters. The summed E-state index contributed by atoms with van der Waals surface area (Å²) in [4.78, 5) is 26.6. The number of nitrogens with two attached hydrogens (primary N) is 1.